The summed E-state index contributed by atoms with van der Waals surface area (Å²) < 4.78 is 0. The zero-order valence-electron chi connectivity index (χ0n) is 8.55. The van der Waals surface area contributed by atoms with Crippen LogP contribution in [0.4, 0.5) is 0 Å². The second kappa shape index (κ2) is 2.98. The van der Waals surface area contributed by atoms with Crippen molar-refractivity contribution in [3.63, 3.8) is 0 Å². The van der Waals surface area contributed by atoms with Crippen LogP contribution < -0.4 is 0 Å². The summed E-state index contributed by atoms with van der Waals surface area (Å²) in [6, 6.07) is 0. The molecule has 74 valence electrons. The van der Waals surface area contributed by atoms with E-state index in [-0.39, 0.29) is 0 Å². The maximum absolute atomic E-state index is 11.5. The summed E-state index contributed by atoms with van der Waals surface area (Å²) in [5.74, 6) is 0.294. The molecule has 0 radical (unpaired) electrons. The molecule has 0 N–H and O–H groups in total. The van der Waals surface area contributed by atoms with Crippen molar-refractivity contribution in [1.82, 2.24) is 9.80 Å². The van der Waals surface area contributed by atoms with Crippen molar-refractivity contribution in [3.8, 4) is 0 Å². The van der Waals surface area contributed by atoms with E-state index in [4.69, 9.17) is 0 Å². The molecule has 1 aliphatic carbocycles. The number of rotatable bonds is 1. The molecule has 13 heavy (non-hydrogen) atoms. The monoisotopic (exact) mass is 182 g/mol. The second-order valence-electron chi connectivity index (χ2n) is 4.34. The minimum absolute atomic E-state index is 0.294. The van der Waals surface area contributed by atoms with E-state index in [0.717, 1.165) is 13.1 Å². The summed E-state index contributed by atoms with van der Waals surface area (Å²) in [4.78, 5) is 15.8. The lowest BCUT2D eigenvalue weighted by Crippen LogP contribution is -2.65. The SMILES string of the molecule is CCN1CC2(CCC2)N(C)CC1=O. The van der Waals surface area contributed by atoms with Crippen LogP contribution in [0, 0.1) is 0 Å². The Hall–Kier alpha value is -0.570. The zero-order valence-corrected chi connectivity index (χ0v) is 8.55. The van der Waals surface area contributed by atoms with Crippen molar-refractivity contribution in [1.29, 1.82) is 0 Å². The standard InChI is InChI=1S/C10H18N2O/c1-3-12-8-10(5-4-6-10)11(2)7-9(12)13/h3-8H2,1-2H3. The van der Waals surface area contributed by atoms with Gasteiger partial charge in [-0.05, 0) is 33.2 Å². The quantitative estimate of drug-likeness (QED) is 0.596. The summed E-state index contributed by atoms with van der Waals surface area (Å²) >= 11 is 0. The van der Waals surface area contributed by atoms with E-state index in [1.54, 1.807) is 0 Å². The normalized spacial score (nSPS) is 27.8. The first-order chi connectivity index (χ1) is 6.18. The van der Waals surface area contributed by atoms with Crippen LogP contribution in [0.25, 0.3) is 0 Å². The molecule has 1 heterocycles. The maximum Gasteiger partial charge on any atom is 0.236 e. The molecule has 1 saturated heterocycles. The van der Waals surface area contributed by atoms with E-state index in [9.17, 15) is 4.79 Å². The van der Waals surface area contributed by atoms with Gasteiger partial charge >= 0.3 is 0 Å². The Morgan fingerprint density at radius 1 is 1.46 bits per heavy atom. The molecule has 0 aromatic rings. The van der Waals surface area contributed by atoms with Gasteiger partial charge in [-0.15, -0.1) is 0 Å². The lowest BCUT2D eigenvalue weighted by molar-refractivity contribution is -0.146. The fraction of sp³-hybridized carbons (Fsp3) is 0.900. The minimum Gasteiger partial charge on any atom is -0.340 e. The molecule has 1 saturated carbocycles. The van der Waals surface area contributed by atoms with Gasteiger partial charge in [0.25, 0.3) is 0 Å². The molecule has 0 bridgehead atoms. The summed E-state index contributed by atoms with van der Waals surface area (Å²) in [7, 11) is 2.09. The summed E-state index contributed by atoms with van der Waals surface area (Å²) in [5.41, 5.74) is 0.351. The number of likely N-dealkylation sites (N-methyl/N-ethyl adjacent to an activating group) is 2. The van der Waals surface area contributed by atoms with E-state index in [0.29, 0.717) is 18.0 Å². The fourth-order valence-corrected chi connectivity index (χ4v) is 2.45. The van der Waals surface area contributed by atoms with Crippen LogP contribution >= 0.6 is 0 Å². The summed E-state index contributed by atoms with van der Waals surface area (Å²) in [6.45, 7) is 4.51. The van der Waals surface area contributed by atoms with Gasteiger partial charge in [-0.2, -0.15) is 0 Å². The van der Waals surface area contributed by atoms with E-state index < -0.39 is 0 Å². The third kappa shape index (κ3) is 1.26. The highest BCUT2D eigenvalue weighted by molar-refractivity contribution is 5.79. The van der Waals surface area contributed by atoms with Crippen molar-refractivity contribution in [2.24, 2.45) is 0 Å². The minimum atomic E-state index is 0.294. The highest BCUT2D eigenvalue weighted by atomic mass is 16.2. The number of carbonyl (C=O) groups excluding carboxylic acids is 1. The van der Waals surface area contributed by atoms with Crippen molar-refractivity contribution >= 4 is 5.91 Å². The first-order valence-corrected chi connectivity index (χ1v) is 5.17. The first kappa shape index (κ1) is 9.00. The maximum atomic E-state index is 11.5. The van der Waals surface area contributed by atoms with Gasteiger partial charge in [0.1, 0.15) is 0 Å². The molecule has 2 fully saturated rings. The number of carbonyl (C=O) groups is 1. The Bertz CT molecular complexity index is 223. The Morgan fingerprint density at radius 3 is 2.62 bits per heavy atom. The van der Waals surface area contributed by atoms with Crippen LogP contribution in [0.15, 0.2) is 0 Å². The van der Waals surface area contributed by atoms with Gasteiger partial charge in [-0.25, -0.2) is 0 Å². The molecule has 1 aliphatic heterocycles. The van der Waals surface area contributed by atoms with Crippen molar-refractivity contribution in [2.45, 2.75) is 31.7 Å². The van der Waals surface area contributed by atoms with Gasteiger partial charge in [0.05, 0.1) is 6.54 Å². The van der Waals surface area contributed by atoms with Crippen LogP contribution in [-0.2, 0) is 4.79 Å². The molecule has 0 unspecified atom stereocenters. The molecule has 0 aromatic carbocycles. The zero-order chi connectivity index (χ0) is 9.47. The number of amides is 1. The van der Waals surface area contributed by atoms with Gasteiger partial charge in [-0.3, -0.25) is 9.69 Å². The number of nitrogens with zero attached hydrogens (tertiary/aromatic N) is 2. The van der Waals surface area contributed by atoms with Crippen molar-refractivity contribution in [3.05, 3.63) is 0 Å². The Labute approximate surface area is 79.7 Å². The van der Waals surface area contributed by atoms with Crippen LogP contribution in [-0.4, -0.2) is 47.9 Å². The van der Waals surface area contributed by atoms with Gasteiger partial charge in [-0.1, -0.05) is 0 Å². The van der Waals surface area contributed by atoms with Gasteiger partial charge in [0.2, 0.25) is 5.91 Å². The predicted molar refractivity (Wildman–Crippen MR) is 51.5 cm³/mol. The summed E-state index contributed by atoms with van der Waals surface area (Å²) in [6.07, 6.45) is 3.87. The number of hydrogen-bond donors (Lipinski definition) is 0. The topological polar surface area (TPSA) is 23.6 Å². The van der Waals surface area contributed by atoms with Crippen LogP contribution in [0.3, 0.4) is 0 Å². The van der Waals surface area contributed by atoms with Gasteiger partial charge in [0.15, 0.2) is 0 Å². The largest absolute Gasteiger partial charge is 0.340 e. The van der Waals surface area contributed by atoms with E-state index in [1.165, 1.54) is 19.3 Å². The summed E-state index contributed by atoms with van der Waals surface area (Å²) in [5, 5.41) is 0. The van der Waals surface area contributed by atoms with Crippen LogP contribution in [0.2, 0.25) is 0 Å². The molecular formula is C10H18N2O. The number of piperazine rings is 1. The molecule has 0 atom stereocenters. The highest BCUT2D eigenvalue weighted by Gasteiger charge is 2.46. The molecule has 2 aliphatic rings. The average Bonchev–Trinajstić information content (AvgIpc) is 2.02. The van der Waals surface area contributed by atoms with E-state index in [2.05, 4.69) is 18.9 Å². The Morgan fingerprint density at radius 2 is 2.15 bits per heavy atom. The van der Waals surface area contributed by atoms with Crippen molar-refractivity contribution < 1.29 is 4.79 Å². The first-order valence-electron chi connectivity index (χ1n) is 5.17. The second-order valence-corrected chi connectivity index (χ2v) is 4.34. The molecule has 3 nitrogen and oxygen atoms in total. The molecule has 3 heteroatoms. The van der Waals surface area contributed by atoms with E-state index in [1.807, 2.05) is 4.90 Å². The average molecular weight is 182 g/mol. The Kier molecular flexibility index (Phi) is 2.06. The molecule has 0 aromatic heterocycles. The lowest BCUT2D eigenvalue weighted by atomic mass is 9.74. The predicted octanol–water partition coefficient (Wildman–Crippen LogP) is 0.703. The Balaban J connectivity index is 2.10. The lowest BCUT2D eigenvalue weighted by Gasteiger charge is -2.54. The van der Waals surface area contributed by atoms with Gasteiger partial charge in [0, 0.05) is 18.6 Å². The molecule has 1 spiro atoms. The van der Waals surface area contributed by atoms with Crippen LogP contribution in [0.5, 0.6) is 0 Å². The molecule has 2 rings (SSSR count). The number of hydrogen-bond acceptors (Lipinski definition) is 2. The molecular weight excluding hydrogens is 164 g/mol. The third-order valence-corrected chi connectivity index (χ3v) is 3.69. The van der Waals surface area contributed by atoms with Crippen molar-refractivity contribution in [2.75, 3.05) is 26.7 Å². The highest BCUT2D eigenvalue weighted by Crippen LogP contribution is 2.39. The van der Waals surface area contributed by atoms with Crippen LogP contribution in [0.1, 0.15) is 26.2 Å². The van der Waals surface area contributed by atoms with Gasteiger partial charge < -0.3 is 4.90 Å². The van der Waals surface area contributed by atoms with E-state index >= 15 is 0 Å². The fourth-order valence-electron chi connectivity index (χ4n) is 2.45. The smallest absolute Gasteiger partial charge is 0.236 e. The third-order valence-electron chi connectivity index (χ3n) is 3.69. The molecule has 1 amide bonds.